The molecule has 37 heavy (non-hydrogen) atoms. The Labute approximate surface area is 224 Å². The molecule has 0 aromatic heterocycles. The van der Waals surface area contributed by atoms with E-state index in [-0.39, 0.29) is 31.0 Å². The molecule has 0 heterocycles. The summed E-state index contributed by atoms with van der Waals surface area (Å²) >= 11 is 6.50. The minimum absolute atomic E-state index is 0.136. The number of benzene rings is 3. The topological polar surface area (TPSA) is 58.6 Å². The highest BCUT2D eigenvalue weighted by molar-refractivity contribution is 6.31. The van der Waals surface area contributed by atoms with E-state index in [1.165, 1.54) is 0 Å². The van der Waals surface area contributed by atoms with Crippen LogP contribution in [0.25, 0.3) is 0 Å². The van der Waals surface area contributed by atoms with Gasteiger partial charge in [0.2, 0.25) is 5.91 Å². The van der Waals surface area contributed by atoms with Crippen LogP contribution < -0.4 is 10.1 Å². The normalized spacial score (nSPS) is 14.2. The molecule has 1 atom stereocenters. The minimum atomic E-state index is -0.700. The summed E-state index contributed by atoms with van der Waals surface area (Å²) in [6.45, 7) is 3.98. The summed E-state index contributed by atoms with van der Waals surface area (Å²) in [4.78, 5) is 29.1. The smallest absolute Gasteiger partial charge is 0.261 e. The van der Waals surface area contributed by atoms with Crippen LogP contribution in [0, 0.1) is 13.8 Å². The Balaban J connectivity index is 1.63. The van der Waals surface area contributed by atoms with Crippen molar-refractivity contribution < 1.29 is 14.3 Å². The molecule has 4 rings (SSSR count). The molecule has 3 aromatic rings. The van der Waals surface area contributed by atoms with Crippen LogP contribution in [0.5, 0.6) is 5.75 Å². The molecule has 2 amide bonds. The molecule has 0 spiro atoms. The van der Waals surface area contributed by atoms with Crippen molar-refractivity contribution in [3.63, 3.8) is 0 Å². The number of halogens is 1. The fraction of sp³-hybridized carbons (Fsp3) is 0.355. The summed E-state index contributed by atoms with van der Waals surface area (Å²) in [7, 11) is 0. The van der Waals surface area contributed by atoms with Crippen LogP contribution in [0.2, 0.25) is 5.02 Å². The van der Waals surface area contributed by atoms with E-state index >= 15 is 0 Å². The van der Waals surface area contributed by atoms with Gasteiger partial charge in [0.25, 0.3) is 5.91 Å². The number of carbonyl (C=O) groups excluding carboxylic acids is 2. The number of ether oxygens (including phenoxy) is 1. The molecule has 6 heteroatoms. The van der Waals surface area contributed by atoms with E-state index in [2.05, 4.69) is 5.32 Å². The Bertz CT molecular complexity index is 1210. The largest absolute Gasteiger partial charge is 0.483 e. The van der Waals surface area contributed by atoms with Crippen LogP contribution in [0.3, 0.4) is 0 Å². The Morgan fingerprint density at radius 3 is 2.43 bits per heavy atom. The van der Waals surface area contributed by atoms with E-state index in [9.17, 15) is 9.59 Å². The lowest BCUT2D eigenvalue weighted by molar-refractivity contribution is -0.143. The second kappa shape index (κ2) is 12.8. The van der Waals surface area contributed by atoms with Gasteiger partial charge in [-0.05, 0) is 61.1 Å². The maximum Gasteiger partial charge on any atom is 0.261 e. The number of amides is 2. The fourth-order valence-corrected chi connectivity index (χ4v) is 5.01. The van der Waals surface area contributed by atoms with Crippen molar-refractivity contribution in [1.82, 2.24) is 10.2 Å². The fourth-order valence-electron chi connectivity index (χ4n) is 4.82. The van der Waals surface area contributed by atoms with Crippen molar-refractivity contribution in [2.45, 2.75) is 64.6 Å². The molecule has 0 aliphatic heterocycles. The molecule has 1 N–H and O–H groups in total. The van der Waals surface area contributed by atoms with Crippen LogP contribution in [0.4, 0.5) is 0 Å². The van der Waals surface area contributed by atoms with Gasteiger partial charge in [-0.15, -0.1) is 0 Å². The molecular formula is C31H35ClN2O3. The molecule has 0 saturated heterocycles. The van der Waals surface area contributed by atoms with Crippen molar-refractivity contribution in [2.75, 3.05) is 6.61 Å². The van der Waals surface area contributed by atoms with E-state index in [4.69, 9.17) is 16.3 Å². The molecule has 194 valence electrons. The lowest BCUT2D eigenvalue weighted by Crippen LogP contribution is -2.53. The second-order valence-electron chi connectivity index (χ2n) is 9.87. The molecule has 5 nitrogen and oxygen atoms in total. The zero-order valence-electron chi connectivity index (χ0n) is 21.6. The third kappa shape index (κ3) is 7.36. The van der Waals surface area contributed by atoms with Gasteiger partial charge in [-0.2, -0.15) is 0 Å². The maximum atomic E-state index is 13.8. The number of rotatable bonds is 10. The highest BCUT2D eigenvalue weighted by Crippen LogP contribution is 2.23. The van der Waals surface area contributed by atoms with Gasteiger partial charge >= 0.3 is 0 Å². The summed E-state index contributed by atoms with van der Waals surface area (Å²) in [5, 5.41) is 3.78. The Hall–Kier alpha value is -3.31. The van der Waals surface area contributed by atoms with Crippen molar-refractivity contribution in [3.05, 3.63) is 100 Å². The van der Waals surface area contributed by atoms with Gasteiger partial charge in [0.05, 0.1) is 0 Å². The Morgan fingerprint density at radius 1 is 1.00 bits per heavy atom. The highest BCUT2D eigenvalue weighted by Gasteiger charge is 2.32. The zero-order valence-corrected chi connectivity index (χ0v) is 22.3. The number of hydrogen-bond acceptors (Lipinski definition) is 3. The first-order chi connectivity index (χ1) is 17.9. The third-order valence-electron chi connectivity index (χ3n) is 6.97. The summed E-state index contributed by atoms with van der Waals surface area (Å²) in [6, 6.07) is 22.6. The molecule has 0 bridgehead atoms. The molecule has 1 aliphatic carbocycles. The molecule has 1 fully saturated rings. The summed E-state index contributed by atoms with van der Waals surface area (Å²) < 4.78 is 5.99. The number of nitrogens with zero attached hydrogens (tertiary/aromatic N) is 1. The van der Waals surface area contributed by atoms with Crippen LogP contribution in [0.15, 0.2) is 72.8 Å². The monoisotopic (exact) mass is 518 g/mol. The van der Waals surface area contributed by atoms with E-state index < -0.39 is 6.04 Å². The zero-order chi connectivity index (χ0) is 26.2. The van der Waals surface area contributed by atoms with E-state index in [0.29, 0.717) is 17.2 Å². The van der Waals surface area contributed by atoms with E-state index in [0.717, 1.165) is 47.9 Å². The number of carbonyl (C=O) groups is 2. The molecule has 0 unspecified atom stereocenters. The predicted molar refractivity (Wildman–Crippen MR) is 148 cm³/mol. The van der Waals surface area contributed by atoms with Crippen molar-refractivity contribution in [1.29, 1.82) is 0 Å². The quantitative estimate of drug-likeness (QED) is 0.356. The Morgan fingerprint density at radius 2 is 1.70 bits per heavy atom. The van der Waals surface area contributed by atoms with E-state index in [1.807, 2.05) is 80.6 Å². The van der Waals surface area contributed by atoms with Crippen LogP contribution in [-0.4, -0.2) is 35.4 Å². The summed E-state index contributed by atoms with van der Waals surface area (Å²) in [5.74, 6) is 0.271. The molecule has 1 aliphatic rings. The average molecular weight is 519 g/mol. The second-order valence-corrected chi connectivity index (χ2v) is 10.3. The maximum absolute atomic E-state index is 13.8. The van der Waals surface area contributed by atoms with Crippen LogP contribution in [0.1, 0.15) is 47.9 Å². The van der Waals surface area contributed by atoms with Crippen molar-refractivity contribution in [3.8, 4) is 5.75 Å². The van der Waals surface area contributed by atoms with Gasteiger partial charge in [0.1, 0.15) is 11.8 Å². The highest BCUT2D eigenvalue weighted by atomic mass is 35.5. The van der Waals surface area contributed by atoms with Gasteiger partial charge in [-0.3, -0.25) is 9.59 Å². The minimum Gasteiger partial charge on any atom is -0.483 e. The van der Waals surface area contributed by atoms with Crippen LogP contribution >= 0.6 is 11.6 Å². The first-order valence-corrected chi connectivity index (χ1v) is 13.4. The first kappa shape index (κ1) is 26.7. The molecule has 1 saturated carbocycles. The SMILES string of the molecule is Cc1ccc(C)c(OCC(=O)N(Cc2ccccc2Cl)[C@@H](Cc2ccccc2)C(=O)NC2CCCC2)c1. The number of nitrogens with one attached hydrogen (secondary N) is 1. The van der Waals surface area contributed by atoms with Crippen molar-refractivity contribution in [2.24, 2.45) is 0 Å². The summed E-state index contributed by atoms with van der Waals surface area (Å²) in [6.07, 6.45) is 4.57. The molecular weight excluding hydrogens is 484 g/mol. The first-order valence-electron chi connectivity index (χ1n) is 13.0. The number of aryl methyl sites for hydroxylation is 2. The molecule has 3 aromatic carbocycles. The third-order valence-corrected chi connectivity index (χ3v) is 7.33. The Kier molecular flexibility index (Phi) is 9.24. The van der Waals surface area contributed by atoms with E-state index in [1.54, 1.807) is 11.0 Å². The average Bonchev–Trinajstić information content (AvgIpc) is 3.41. The van der Waals surface area contributed by atoms with Gasteiger partial charge in [0.15, 0.2) is 6.61 Å². The lowest BCUT2D eigenvalue weighted by atomic mass is 10.0. The van der Waals surface area contributed by atoms with Gasteiger partial charge in [-0.1, -0.05) is 85.1 Å². The van der Waals surface area contributed by atoms with Gasteiger partial charge in [-0.25, -0.2) is 0 Å². The van der Waals surface area contributed by atoms with Gasteiger partial charge in [0, 0.05) is 24.0 Å². The summed E-state index contributed by atoms with van der Waals surface area (Å²) in [5.41, 5.74) is 3.78. The number of hydrogen-bond donors (Lipinski definition) is 1. The predicted octanol–water partition coefficient (Wildman–Crippen LogP) is 6.03. The van der Waals surface area contributed by atoms with Crippen molar-refractivity contribution >= 4 is 23.4 Å². The van der Waals surface area contributed by atoms with Gasteiger partial charge < -0.3 is 15.0 Å². The standard InChI is InChI=1S/C31H35ClN2O3/c1-22-16-17-23(2)29(18-22)37-21-30(35)34(20-25-12-6-9-15-27(25)32)28(19-24-10-4-3-5-11-24)31(36)33-26-13-7-8-14-26/h3-6,9-12,15-18,26,28H,7-8,13-14,19-21H2,1-2H3,(H,33,36)/t28-/m0/s1. The lowest BCUT2D eigenvalue weighted by Gasteiger charge is -2.32. The van der Waals surface area contributed by atoms with Crippen LogP contribution in [-0.2, 0) is 22.6 Å². The molecule has 0 radical (unpaired) electrons.